The zero-order chi connectivity index (χ0) is 14.2. The molecule has 0 unspecified atom stereocenters. The van der Waals surface area contributed by atoms with E-state index in [4.69, 9.17) is 5.73 Å². The maximum atomic E-state index is 11.2. The van der Waals surface area contributed by atoms with E-state index >= 15 is 0 Å². The molecular formula is C14H18N2O2S. The highest BCUT2D eigenvalue weighted by Gasteiger charge is 2.28. The first-order valence-electron chi connectivity index (χ1n) is 6.01. The van der Waals surface area contributed by atoms with Crippen molar-refractivity contribution in [3.8, 4) is 0 Å². The predicted octanol–water partition coefficient (Wildman–Crippen LogP) is 3.06. The summed E-state index contributed by atoms with van der Waals surface area (Å²) in [4.78, 5) is 12.3. The van der Waals surface area contributed by atoms with Crippen molar-refractivity contribution in [1.29, 1.82) is 0 Å². The molecule has 0 aliphatic heterocycles. The number of carbonyl (C=O) groups is 1. The summed E-state index contributed by atoms with van der Waals surface area (Å²) in [7, 11) is 0. The summed E-state index contributed by atoms with van der Waals surface area (Å²) < 4.78 is 1.96. The van der Waals surface area contributed by atoms with Gasteiger partial charge in [0, 0.05) is 28.7 Å². The number of thioether (sulfide) groups is 1. The van der Waals surface area contributed by atoms with Gasteiger partial charge in [-0.05, 0) is 38.3 Å². The molecule has 2 aromatic rings. The van der Waals surface area contributed by atoms with Crippen molar-refractivity contribution in [2.24, 2.45) is 5.41 Å². The predicted molar refractivity (Wildman–Crippen MR) is 79.5 cm³/mol. The van der Waals surface area contributed by atoms with Crippen LogP contribution < -0.4 is 5.73 Å². The molecule has 5 heteroatoms. The van der Waals surface area contributed by atoms with Crippen LogP contribution in [-0.4, -0.2) is 21.9 Å². The first-order chi connectivity index (χ1) is 8.85. The fourth-order valence-electron chi connectivity index (χ4n) is 2.08. The van der Waals surface area contributed by atoms with Gasteiger partial charge in [-0.3, -0.25) is 4.79 Å². The maximum Gasteiger partial charge on any atom is 0.310 e. The second kappa shape index (κ2) is 4.81. The molecule has 19 heavy (non-hydrogen) atoms. The van der Waals surface area contributed by atoms with Crippen molar-refractivity contribution in [3.63, 3.8) is 0 Å². The van der Waals surface area contributed by atoms with Crippen LogP contribution in [0, 0.1) is 5.41 Å². The van der Waals surface area contributed by atoms with Gasteiger partial charge < -0.3 is 15.4 Å². The summed E-state index contributed by atoms with van der Waals surface area (Å²) in [5, 5.41) is 10.3. The van der Waals surface area contributed by atoms with Gasteiger partial charge in [-0.15, -0.1) is 11.8 Å². The molecule has 0 spiro atoms. The van der Waals surface area contributed by atoms with Crippen molar-refractivity contribution in [3.05, 3.63) is 24.4 Å². The number of anilines is 1. The van der Waals surface area contributed by atoms with Gasteiger partial charge in [0.2, 0.25) is 0 Å². The SMILES string of the molecule is CSc1cc(N)cc2c1ccn2CC(C)(C)C(=O)O. The van der Waals surface area contributed by atoms with Crippen LogP contribution in [0.1, 0.15) is 13.8 Å². The van der Waals surface area contributed by atoms with Crippen LogP contribution in [0.2, 0.25) is 0 Å². The van der Waals surface area contributed by atoms with Crippen LogP contribution in [0.4, 0.5) is 5.69 Å². The van der Waals surface area contributed by atoms with E-state index in [0.29, 0.717) is 12.2 Å². The first-order valence-corrected chi connectivity index (χ1v) is 7.23. The third-order valence-electron chi connectivity index (χ3n) is 3.24. The monoisotopic (exact) mass is 278 g/mol. The van der Waals surface area contributed by atoms with E-state index in [-0.39, 0.29) is 0 Å². The van der Waals surface area contributed by atoms with E-state index in [9.17, 15) is 9.90 Å². The normalized spacial score (nSPS) is 11.9. The Labute approximate surface area is 116 Å². The third-order valence-corrected chi connectivity index (χ3v) is 4.02. The summed E-state index contributed by atoms with van der Waals surface area (Å²) in [5.41, 5.74) is 6.78. The van der Waals surface area contributed by atoms with Crippen molar-refractivity contribution >= 4 is 34.3 Å². The summed E-state index contributed by atoms with van der Waals surface area (Å²) in [6.45, 7) is 3.87. The molecular weight excluding hydrogens is 260 g/mol. The smallest absolute Gasteiger partial charge is 0.310 e. The number of aliphatic carboxylic acids is 1. The van der Waals surface area contributed by atoms with Gasteiger partial charge in [-0.25, -0.2) is 0 Å². The number of rotatable bonds is 4. The average molecular weight is 278 g/mol. The second-order valence-corrected chi connectivity index (χ2v) is 6.14. The zero-order valence-corrected chi connectivity index (χ0v) is 12.1. The largest absolute Gasteiger partial charge is 0.481 e. The molecule has 0 amide bonds. The Balaban J connectivity index is 2.52. The molecule has 0 saturated heterocycles. The van der Waals surface area contributed by atoms with Gasteiger partial charge in [0.15, 0.2) is 0 Å². The summed E-state index contributed by atoms with van der Waals surface area (Å²) in [6, 6.07) is 5.85. The summed E-state index contributed by atoms with van der Waals surface area (Å²) in [6.07, 6.45) is 3.93. The maximum absolute atomic E-state index is 11.2. The van der Waals surface area contributed by atoms with Crippen LogP contribution in [0.5, 0.6) is 0 Å². The Hall–Kier alpha value is -1.62. The minimum Gasteiger partial charge on any atom is -0.481 e. The lowest BCUT2D eigenvalue weighted by atomic mass is 9.94. The van der Waals surface area contributed by atoms with E-state index in [1.54, 1.807) is 25.6 Å². The van der Waals surface area contributed by atoms with Gasteiger partial charge in [0.1, 0.15) is 0 Å². The number of benzene rings is 1. The molecule has 0 atom stereocenters. The van der Waals surface area contributed by atoms with E-state index in [2.05, 4.69) is 0 Å². The lowest BCUT2D eigenvalue weighted by Crippen LogP contribution is -2.28. The summed E-state index contributed by atoms with van der Waals surface area (Å²) in [5.74, 6) is -0.802. The van der Waals surface area contributed by atoms with Crippen molar-refractivity contribution < 1.29 is 9.90 Å². The minimum absolute atomic E-state index is 0.420. The number of aromatic nitrogens is 1. The second-order valence-electron chi connectivity index (χ2n) is 5.29. The van der Waals surface area contributed by atoms with Crippen LogP contribution in [-0.2, 0) is 11.3 Å². The number of nitrogen functional groups attached to an aromatic ring is 1. The molecule has 0 fully saturated rings. The molecule has 1 aromatic carbocycles. The number of fused-ring (bicyclic) bond motifs is 1. The highest BCUT2D eigenvalue weighted by molar-refractivity contribution is 7.98. The van der Waals surface area contributed by atoms with Crippen molar-refractivity contribution in [2.45, 2.75) is 25.3 Å². The van der Waals surface area contributed by atoms with Crippen molar-refractivity contribution in [2.75, 3.05) is 12.0 Å². The van der Waals surface area contributed by atoms with E-state index in [0.717, 1.165) is 15.8 Å². The Morgan fingerprint density at radius 1 is 1.47 bits per heavy atom. The summed E-state index contributed by atoms with van der Waals surface area (Å²) >= 11 is 1.64. The minimum atomic E-state index is -0.809. The first kappa shape index (κ1) is 13.8. The Morgan fingerprint density at radius 2 is 2.16 bits per heavy atom. The fourth-order valence-corrected chi connectivity index (χ4v) is 2.73. The molecule has 4 nitrogen and oxygen atoms in total. The quantitative estimate of drug-likeness (QED) is 0.666. The van der Waals surface area contributed by atoms with E-state index < -0.39 is 11.4 Å². The van der Waals surface area contributed by atoms with Crippen molar-refractivity contribution in [1.82, 2.24) is 4.57 Å². The topological polar surface area (TPSA) is 68.2 Å². The highest BCUT2D eigenvalue weighted by Crippen LogP contribution is 2.31. The molecule has 0 aliphatic carbocycles. The van der Waals surface area contributed by atoms with Gasteiger partial charge >= 0.3 is 5.97 Å². The Kier molecular flexibility index (Phi) is 3.49. The highest BCUT2D eigenvalue weighted by atomic mass is 32.2. The third kappa shape index (κ3) is 2.56. The number of nitrogens with two attached hydrogens (primary N) is 1. The number of carboxylic acids is 1. The van der Waals surface area contributed by atoms with Crippen LogP contribution in [0.15, 0.2) is 29.3 Å². The van der Waals surface area contributed by atoms with Crippen LogP contribution >= 0.6 is 11.8 Å². The zero-order valence-electron chi connectivity index (χ0n) is 11.3. The van der Waals surface area contributed by atoms with Gasteiger partial charge in [0.25, 0.3) is 0 Å². The number of hydrogen-bond acceptors (Lipinski definition) is 3. The Morgan fingerprint density at radius 3 is 2.74 bits per heavy atom. The number of carboxylic acid groups (broad SMARTS) is 1. The fraction of sp³-hybridized carbons (Fsp3) is 0.357. The van der Waals surface area contributed by atoms with Gasteiger partial charge in [-0.1, -0.05) is 0 Å². The molecule has 0 radical (unpaired) electrons. The van der Waals surface area contributed by atoms with Gasteiger partial charge in [-0.2, -0.15) is 0 Å². The number of nitrogens with zero attached hydrogens (tertiary/aromatic N) is 1. The number of hydrogen-bond donors (Lipinski definition) is 2. The molecule has 1 heterocycles. The molecule has 0 aliphatic rings. The standard InChI is InChI=1S/C14H18N2O2S/c1-14(2,13(17)18)8-16-5-4-10-11(16)6-9(15)7-12(10)19-3/h4-7H,8,15H2,1-3H3,(H,17,18). The van der Waals surface area contributed by atoms with E-state index in [1.165, 1.54) is 0 Å². The molecule has 0 bridgehead atoms. The molecule has 0 saturated carbocycles. The Bertz CT molecular complexity index is 632. The van der Waals surface area contributed by atoms with Crippen LogP contribution in [0.25, 0.3) is 10.9 Å². The van der Waals surface area contributed by atoms with E-state index in [1.807, 2.05) is 35.2 Å². The van der Waals surface area contributed by atoms with Gasteiger partial charge in [0.05, 0.1) is 10.9 Å². The average Bonchev–Trinajstić information content (AvgIpc) is 2.70. The molecule has 3 N–H and O–H groups in total. The lowest BCUT2D eigenvalue weighted by Gasteiger charge is -2.20. The molecule has 1 aromatic heterocycles. The lowest BCUT2D eigenvalue weighted by molar-refractivity contribution is -0.147. The molecule has 102 valence electrons. The molecule has 2 rings (SSSR count). The van der Waals surface area contributed by atoms with Crippen LogP contribution in [0.3, 0.4) is 0 Å².